The van der Waals surface area contributed by atoms with Gasteiger partial charge in [0.15, 0.2) is 11.5 Å². The first kappa shape index (κ1) is 23.0. The summed E-state index contributed by atoms with van der Waals surface area (Å²) in [5.41, 5.74) is 1.23. The Morgan fingerprint density at radius 1 is 0.812 bits per heavy atom. The first-order chi connectivity index (χ1) is 15.3. The minimum atomic E-state index is -3.85. The van der Waals surface area contributed by atoms with E-state index in [2.05, 4.69) is 5.32 Å². The molecule has 8 nitrogen and oxygen atoms in total. The molecule has 0 spiro atoms. The van der Waals surface area contributed by atoms with Crippen molar-refractivity contribution in [3.63, 3.8) is 0 Å². The Balaban J connectivity index is 1.80. The molecule has 3 aromatic rings. The Hall–Kier alpha value is -3.72. The largest absolute Gasteiger partial charge is 0.495 e. The molecule has 1 N–H and O–H groups in total. The Bertz CT molecular complexity index is 1210. The molecule has 0 aliphatic carbocycles. The highest BCUT2D eigenvalue weighted by molar-refractivity contribution is 7.92. The lowest BCUT2D eigenvalue weighted by Gasteiger charge is -2.21. The van der Waals surface area contributed by atoms with E-state index in [-0.39, 0.29) is 10.8 Å². The molecule has 0 unspecified atom stereocenters. The smallest absolute Gasteiger partial charge is 0.264 e. The highest BCUT2D eigenvalue weighted by atomic mass is 32.2. The summed E-state index contributed by atoms with van der Waals surface area (Å²) in [6, 6.07) is 17.5. The number of nitrogens with one attached hydrogen (secondary N) is 1. The molecule has 0 heterocycles. The summed E-state index contributed by atoms with van der Waals surface area (Å²) in [5.74, 6) is 1.06. The molecule has 0 fully saturated rings. The van der Waals surface area contributed by atoms with Crippen molar-refractivity contribution in [3.8, 4) is 17.2 Å². The lowest BCUT2D eigenvalue weighted by atomic mass is 10.2. The van der Waals surface area contributed by atoms with Gasteiger partial charge in [0.1, 0.15) is 5.75 Å². The second-order valence-corrected chi connectivity index (χ2v) is 8.66. The van der Waals surface area contributed by atoms with Crippen LogP contribution in [0.5, 0.6) is 17.2 Å². The van der Waals surface area contributed by atoms with Crippen LogP contribution in [0.25, 0.3) is 0 Å². The number of carbonyl (C=O) groups excluding carboxylic acids is 1. The van der Waals surface area contributed by atoms with E-state index in [0.717, 1.165) is 4.31 Å². The normalized spacial score (nSPS) is 10.9. The molecule has 1 amide bonds. The zero-order chi connectivity index (χ0) is 23.3. The van der Waals surface area contributed by atoms with Crippen molar-refractivity contribution in [2.45, 2.75) is 4.90 Å². The van der Waals surface area contributed by atoms with Gasteiger partial charge in [0, 0.05) is 24.4 Å². The number of hydrogen-bond acceptors (Lipinski definition) is 6. The molecule has 0 bridgehead atoms. The maximum atomic E-state index is 13.0. The number of rotatable bonds is 8. The van der Waals surface area contributed by atoms with Crippen LogP contribution in [0.1, 0.15) is 10.4 Å². The van der Waals surface area contributed by atoms with E-state index >= 15 is 0 Å². The number of benzene rings is 3. The van der Waals surface area contributed by atoms with Crippen LogP contribution in [0.2, 0.25) is 0 Å². The summed E-state index contributed by atoms with van der Waals surface area (Å²) >= 11 is 0. The van der Waals surface area contributed by atoms with E-state index in [1.807, 2.05) is 0 Å². The Morgan fingerprint density at radius 3 is 2.06 bits per heavy atom. The van der Waals surface area contributed by atoms with Gasteiger partial charge in [-0.05, 0) is 48.5 Å². The third-order valence-electron chi connectivity index (χ3n) is 4.84. The predicted molar refractivity (Wildman–Crippen MR) is 123 cm³/mol. The lowest BCUT2D eigenvalue weighted by molar-refractivity contribution is 0.102. The molecule has 0 atom stereocenters. The van der Waals surface area contributed by atoms with E-state index in [9.17, 15) is 13.2 Å². The summed E-state index contributed by atoms with van der Waals surface area (Å²) in [6.07, 6.45) is 0. The number of ether oxygens (including phenoxy) is 3. The highest BCUT2D eigenvalue weighted by Gasteiger charge is 2.24. The molecule has 0 radical (unpaired) electrons. The molecular weight excluding hydrogens is 432 g/mol. The second kappa shape index (κ2) is 9.61. The number of methoxy groups -OCH3 is 3. The number of sulfonamides is 1. The molecule has 3 aromatic carbocycles. The molecular formula is C23H24N2O6S. The zero-order valence-electron chi connectivity index (χ0n) is 18.2. The van der Waals surface area contributed by atoms with Crippen LogP contribution < -0.4 is 23.8 Å². The van der Waals surface area contributed by atoms with Crippen molar-refractivity contribution in [2.75, 3.05) is 38.0 Å². The van der Waals surface area contributed by atoms with Crippen molar-refractivity contribution in [1.82, 2.24) is 0 Å². The van der Waals surface area contributed by atoms with Crippen LogP contribution in [-0.2, 0) is 10.0 Å². The Morgan fingerprint density at radius 2 is 1.44 bits per heavy atom. The summed E-state index contributed by atoms with van der Waals surface area (Å²) in [7, 11) is 2.10. The van der Waals surface area contributed by atoms with E-state index in [1.165, 1.54) is 52.6 Å². The minimum absolute atomic E-state index is 0.0496. The third kappa shape index (κ3) is 4.62. The molecule has 0 saturated carbocycles. The van der Waals surface area contributed by atoms with Gasteiger partial charge in [-0.15, -0.1) is 0 Å². The fraction of sp³-hybridized carbons (Fsp3) is 0.174. The second-order valence-electron chi connectivity index (χ2n) is 6.69. The van der Waals surface area contributed by atoms with E-state index < -0.39 is 10.0 Å². The van der Waals surface area contributed by atoms with Gasteiger partial charge in [0.25, 0.3) is 15.9 Å². The average molecular weight is 457 g/mol. The van der Waals surface area contributed by atoms with Gasteiger partial charge >= 0.3 is 0 Å². The van der Waals surface area contributed by atoms with Crippen LogP contribution in [-0.4, -0.2) is 42.7 Å². The molecule has 32 heavy (non-hydrogen) atoms. The van der Waals surface area contributed by atoms with Gasteiger partial charge in [-0.1, -0.05) is 12.1 Å². The minimum Gasteiger partial charge on any atom is -0.495 e. The molecule has 9 heteroatoms. The van der Waals surface area contributed by atoms with Gasteiger partial charge < -0.3 is 19.5 Å². The summed E-state index contributed by atoms with van der Waals surface area (Å²) in [6.45, 7) is 0. The van der Waals surface area contributed by atoms with E-state index in [1.54, 1.807) is 42.5 Å². The maximum Gasteiger partial charge on any atom is 0.264 e. The van der Waals surface area contributed by atoms with Crippen molar-refractivity contribution in [3.05, 3.63) is 72.3 Å². The van der Waals surface area contributed by atoms with Crippen molar-refractivity contribution < 1.29 is 27.4 Å². The third-order valence-corrected chi connectivity index (χ3v) is 6.63. The number of nitrogens with zero attached hydrogens (tertiary/aromatic N) is 1. The number of para-hydroxylation sites is 2. The SMILES string of the molecule is COc1ccc(NC(=O)c2ccc(S(=O)(=O)N(C)c3ccccc3OC)cc2)cc1OC. The van der Waals surface area contributed by atoms with Crippen LogP contribution in [0, 0.1) is 0 Å². The van der Waals surface area contributed by atoms with Gasteiger partial charge in [-0.2, -0.15) is 0 Å². The number of carbonyl (C=O) groups is 1. The summed E-state index contributed by atoms with van der Waals surface area (Å²) < 4.78 is 42.9. The fourth-order valence-corrected chi connectivity index (χ4v) is 4.28. The average Bonchev–Trinajstić information content (AvgIpc) is 2.83. The van der Waals surface area contributed by atoms with Gasteiger partial charge in [-0.25, -0.2) is 8.42 Å². The first-order valence-electron chi connectivity index (χ1n) is 9.57. The van der Waals surface area contributed by atoms with Crippen molar-refractivity contribution in [2.24, 2.45) is 0 Å². The van der Waals surface area contributed by atoms with Crippen LogP contribution in [0.3, 0.4) is 0 Å². The summed E-state index contributed by atoms with van der Waals surface area (Å²) in [5, 5.41) is 2.76. The van der Waals surface area contributed by atoms with Gasteiger partial charge in [0.05, 0.1) is 31.9 Å². The monoisotopic (exact) mass is 456 g/mol. The number of amides is 1. The summed E-state index contributed by atoms with van der Waals surface area (Å²) in [4.78, 5) is 12.7. The Labute approximate surface area is 187 Å². The zero-order valence-corrected chi connectivity index (χ0v) is 19.0. The highest BCUT2D eigenvalue weighted by Crippen LogP contribution is 2.31. The van der Waals surface area contributed by atoms with E-state index in [0.29, 0.717) is 34.2 Å². The Kier molecular flexibility index (Phi) is 6.89. The molecule has 0 aromatic heterocycles. The maximum absolute atomic E-state index is 13.0. The fourth-order valence-electron chi connectivity index (χ4n) is 3.07. The topological polar surface area (TPSA) is 94.2 Å². The predicted octanol–water partition coefficient (Wildman–Crippen LogP) is 3.79. The number of hydrogen-bond donors (Lipinski definition) is 1. The molecule has 0 aliphatic rings. The molecule has 3 rings (SSSR count). The molecule has 0 saturated heterocycles. The quantitative estimate of drug-likeness (QED) is 0.554. The lowest BCUT2D eigenvalue weighted by Crippen LogP contribution is -2.27. The van der Waals surface area contributed by atoms with Gasteiger partial charge in [-0.3, -0.25) is 9.10 Å². The van der Waals surface area contributed by atoms with Crippen molar-refractivity contribution >= 4 is 27.3 Å². The standard InChI is InChI=1S/C23H24N2O6S/c1-25(19-7-5-6-8-20(19)29-2)32(27,28)18-12-9-16(10-13-18)23(26)24-17-11-14-21(30-3)22(15-17)31-4/h5-15H,1-4H3,(H,24,26). The van der Waals surface area contributed by atoms with E-state index in [4.69, 9.17) is 14.2 Å². The number of anilines is 2. The van der Waals surface area contributed by atoms with Crippen LogP contribution in [0.15, 0.2) is 71.6 Å². The van der Waals surface area contributed by atoms with Gasteiger partial charge in [0.2, 0.25) is 0 Å². The van der Waals surface area contributed by atoms with Crippen LogP contribution >= 0.6 is 0 Å². The molecule has 0 aliphatic heterocycles. The first-order valence-corrected chi connectivity index (χ1v) is 11.0. The van der Waals surface area contributed by atoms with Crippen LogP contribution in [0.4, 0.5) is 11.4 Å². The van der Waals surface area contributed by atoms with Crippen molar-refractivity contribution in [1.29, 1.82) is 0 Å². The molecule has 168 valence electrons.